The lowest BCUT2D eigenvalue weighted by atomic mass is 10.2. The summed E-state index contributed by atoms with van der Waals surface area (Å²) in [5.74, 6) is 0.505. The van der Waals surface area contributed by atoms with E-state index in [4.69, 9.17) is 21.1 Å². The fraction of sp³-hybridized carbons (Fsp3) is 0.455. The molecular formula is C11H14ClNO4. The Morgan fingerprint density at radius 3 is 2.76 bits per heavy atom. The van der Waals surface area contributed by atoms with Crippen LogP contribution in [0.3, 0.4) is 0 Å². The van der Waals surface area contributed by atoms with E-state index in [9.17, 15) is 10.1 Å². The predicted octanol–water partition coefficient (Wildman–Crippen LogP) is 2.75. The maximum atomic E-state index is 10.8. The summed E-state index contributed by atoms with van der Waals surface area (Å²) < 4.78 is 10.4. The maximum absolute atomic E-state index is 10.8. The van der Waals surface area contributed by atoms with Crippen LogP contribution in [0.15, 0.2) is 18.2 Å². The summed E-state index contributed by atoms with van der Waals surface area (Å²) in [6, 6.07) is 4.59. The quantitative estimate of drug-likeness (QED) is 0.448. The lowest BCUT2D eigenvalue weighted by molar-refractivity contribution is -0.386. The van der Waals surface area contributed by atoms with Gasteiger partial charge in [-0.25, -0.2) is 0 Å². The number of hydrogen-bond acceptors (Lipinski definition) is 4. The second-order valence-electron chi connectivity index (χ2n) is 3.58. The van der Waals surface area contributed by atoms with Crippen molar-refractivity contribution in [1.29, 1.82) is 0 Å². The lowest BCUT2D eigenvalue weighted by Crippen LogP contribution is -2.18. The van der Waals surface area contributed by atoms with Crippen LogP contribution in [0.25, 0.3) is 0 Å². The van der Waals surface area contributed by atoms with Crippen molar-refractivity contribution < 1.29 is 14.4 Å². The number of nitro benzene ring substituents is 1. The highest BCUT2D eigenvalue weighted by molar-refractivity contribution is 6.17. The van der Waals surface area contributed by atoms with Crippen LogP contribution in [0.5, 0.6) is 5.75 Å². The summed E-state index contributed by atoms with van der Waals surface area (Å²) in [5, 5.41) is 10.8. The Hall–Kier alpha value is -1.33. The summed E-state index contributed by atoms with van der Waals surface area (Å²) in [6.07, 6.45) is -0.260. The first-order valence-electron chi connectivity index (χ1n) is 5.07. The molecule has 0 fully saturated rings. The van der Waals surface area contributed by atoms with Crippen molar-refractivity contribution >= 4 is 17.3 Å². The number of alkyl halides is 1. The van der Waals surface area contributed by atoms with Gasteiger partial charge in [-0.15, -0.1) is 11.6 Å². The lowest BCUT2D eigenvalue weighted by Gasteiger charge is -2.14. The summed E-state index contributed by atoms with van der Waals surface area (Å²) in [6.45, 7) is 2.14. The maximum Gasteiger partial charge on any atom is 0.310 e. The van der Waals surface area contributed by atoms with E-state index in [1.165, 1.54) is 6.07 Å². The molecule has 0 bridgehead atoms. The van der Waals surface area contributed by atoms with E-state index in [1.807, 2.05) is 0 Å². The van der Waals surface area contributed by atoms with Gasteiger partial charge in [-0.3, -0.25) is 10.1 Å². The number of nitro groups is 1. The first kappa shape index (κ1) is 13.7. The molecule has 0 aliphatic heterocycles. The molecule has 0 spiro atoms. The van der Waals surface area contributed by atoms with Gasteiger partial charge in [0.05, 0.1) is 11.5 Å². The molecule has 0 aromatic heterocycles. The van der Waals surface area contributed by atoms with Crippen molar-refractivity contribution in [2.45, 2.75) is 18.9 Å². The van der Waals surface area contributed by atoms with Crippen molar-refractivity contribution in [2.75, 3.05) is 13.7 Å². The fourth-order valence-electron chi connectivity index (χ4n) is 1.37. The summed E-state index contributed by atoms with van der Waals surface area (Å²) in [5.41, 5.74) is 0.707. The smallest absolute Gasteiger partial charge is 0.310 e. The molecule has 0 heterocycles. The minimum absolute atomic E-state index is 0.0678. The number of methoxy groups -OCH3 is 1. The van der Waals surface area contributed by atoms with Crippen LogP contribution < -0.4 is 4.74 Å². The Kier molecular flexibility index (Phi) is 5.18. The molecule has 1 atom stereocenters. The molecule has 1 aromatic carbocycles. The highest BCUT2D eigenvalue weighted by Gasteiger charge is 2.17. The molecule has 17 heavy (non-hydrogen) atoms. The van der Waals surface area contributed by atoms with Crippen LogP contribution in [0.4, 0.5) is 5.69 Å². The highest BCUT2D eigenvalue weighted by atomic mass is 35.5. The Bertz CT molecular complexity index is 397. The zero-order chi connectivity index (χ0) is 12.8. The molecule has 0 saturated carbocycles. The summed E-state index contributed by atoms with van der Waals surface area (Å²) in [7, 11) is 1.55. The van der Waals surface area contributed by atoms with E-state index in [2.05, 4.69) is 0 Å². The molecule has 6 heteroatoms. The van der Waals surface area contributed by atoms with E-state index < -0.39 is 4.92 Å². The van der Waals surface area contributed by atoms with Crippen LogP contribution >= 0.6 is 11.6 Å². The van der Waals surface area contributed by atoms with Crippen molar-refractivity contribution in [3.63, 3.8) is 0 Å². The molecule has 0 aliphatic carbocycles. The minimum Gasteiger partial charge on any atom is -0.481 e. The standard InChI is InChI=1S/C11H14ClNO4/c1-8(7-16-2)17-11-5-9(6-12)3-4-10(11)13(14)15/h3-5,8H,6-7H2,1-2H3. The number of nitrogens with zero attached hydrogens (tertiary/aromatic N) is 1. The Balaban J connectivity index is 2.96. The van der Waals surface area contributed by atoms with E-state index in [-0.39, 0.29) is 23.4 Å². The molecule has 0 radical (unpaired) electrons. The normalized spacial score (nSPS) is 12.2. The molecule has 0 N–H and O–H groups in total. The van der Waals surface area contributed by atoms with Crippen molar-refractivity contribution in [2.24, 2.45) is 0 Å². The third-order valence-electron chi connectivity index (χ3n) is 2.10. The molecule has 1 aromatic rings. The number of halogens is 1. The van der Waals surface area contributed by atoms with Crippen LogP contribution in [-0.4, -0.2) is 24.7 Å². The molecular weight excluding hydrogens is 246 g/mol. The number of benzene rings is 1. The summed E-state index contributed by atoms with van der Waals surface area (Å²) >= 11 is 5.68. The molecule has 1 unspecified atom stereocenters. The van der Waals surface area contributed by atoms with Gasteiger partial charge in [0.15, 0.2) is 5.75 Å². The average Bonchev–Trinajstić information content (AvgIpc) is 2.28. The molecule has 1 rings (SSSR count). The summed E-state index contributed by atoms with van der Waals surface area (Å²) in [4.78, 5) is 10.3. The van der Waals surface area contributed by atoms with Gasteiger partial charge in [-0.2, -0.15) is 0 Å². The molecule has 5 nitrogen and oxygen atoms in total. The van der Waals surface area contributed by atoms with Crippen molar-refractivity contribution in [3.05, 3.63) is 33.9 Å². The van der Waals surface area contributed by atoms with Crippen LogP contribution in [0.1, 0.15) is 12.5 Å². The van der Waals surface area contributed by atoms with E-state index in [0.717, 1.165) is 5.56 Å². The van der Waals surface area contributed by atoms with Crippen molar-refractivity contribution in [1.82, 2.24) is 0 Å². The van der Waals surface area contributed by atoms with Gasteiger partial charge in [0.2, 0.25) is 0 Å². The van der Waals surface area contributed by atoms with Gasteiger partial charge in [0, 0.05) is 19.1 Å². The Morgan fingerprint density at radius 1 is 1.53 bits per heavy atom. The van der Waals surface area contributed by atoms with Gasteiger partial charge < -0.3 is 9.47 Å². The van der Waals surface area contributed by atoms with E-state index in [1.54, 1.807) is 26.2 Å². The average molecular weight is 260 g/mol. The Morgan fingerprint density at radius 2 is 2.24 bits per heavy atom. The van der Waals surface area contributed by atoms with Gasteiger partial charge in [0.25, 0.3) is 0 Å². The molecule has 0 saturated heterocycles. The largest absolute Gasteiger partial charge is 0.481 e. The minimum atomic E-state index is -0.479. The second kappa shape index (κ2) is 6.42. The van der Waals surface area contributed by atoms with Gasteiger partial charge >= 0.3 is 5.69 Å². The van der Waals surface area contributed by atoms with Crippen LogP contribution in [0.2, 0.25) is 0 Å². The topological polar surface area (TPSA) is 61.6 Å². The molecule has 0 aliphatic rings. The van der Waals surface area contributed by atoms with Crippen molar-refractivity contribution in [3.8, 4) is 5.75 Å². The number of rotatable bonds is 6. The SMILES string of the molecule is COCC(C)Oc1cc(CCl)ccc1[N+](=O)[O-]. The first-order valence-corrected chi connectivity index (χ1v) is 5.60. The third kappa shape index (κ3) is 3.87. The Labute approximate surface area is 104 Å². The molecule has 94 valence electrons. The second-order valence-corrected chi connectivity index (χ2v) is 3.84. The fourth-order valence-corrected chi connectivity index (χ4v) is 1.54. The van der Waals surface area contributed by atoms with Crippen LogP contribution in [-0.2, 0) is 10.6 Å². The van der Waals surface area contributed by atoms with Gasteiger partial charge in [-0.05, 0) is 18.6 Å². The zero-order valence-corrected chi connectivity index (χ0v) is 10.4. The zero-order valence-electron chi connectivity index (χ0n) is 9.68. The third-order valence-corrected chi connectivity index (χ3v) is 2.41. The predicted molar refractivity (Wildman–Crippen MR) is 64.6 cm³/mol. The van der Waals surface area contributed by atoms with Crippen LogP contribution in [0, 0.1) is 10.1 Å². The monoisotopic (exact) mass is 259 g/mol. The number of ether oxygens (including phenoxy) is 2. The number of hydrogen-bond donors (Lipinski definition) is 0. The van der Waals surface area contributed by atoms with E-state index >= 15 is 0 Å². The first-order chi connectivity index (χ1) is 8.08. The van der Waals surface area contributed by atoms with Gasteiger partial charge in [-0.1, -0.05) is 6.07 Å². The van der Waals surface area contributed by atoms with Gasteiger partial charge in [0.1, 0.15) is 6.10 Å². The van der Waals surface area contributed by atoms with E-state index in [0.29, 0.717) is 6.61 Å². The molecule has 0 amide bonds. The highest BCUT2D eigenvalue weighted by Crippen LogP contribution is 2.29.